The van der Waals surface area contributed by atoms with Gasteiger partial charge in [0, 0.05) is 25.0 Å². The topological polar surface area (TPSA) is 77.8 Å². The molecule has 154 valence electrons. The number of fused-ring (bicyclic) bond motifs is 1. The van der Waals surface area contributed by atoms with E-state index in [1.54, 1.807) is 18.5 Å². The van der Waals surface area contributed by atoms with Crippen LogP contribution in [0.1, 0.15) is 17.0 Å². The summed E-state index contributed by atoms with van der Waals surface area (Å²) in [4.78, 5) is 16.2. The third-order valence-electron chi connectivity index (χ3n) is 4.58. The van der Waals surface area contributed by atoms with Crippen LogP contribution in [0.15, 0.2) is 49.1 Å². The Morgan fingerprint density at radius 1 is 1.10 bits per heavy atom. The first-order valence-corrected chi connectivity index (χ1v) is 8.96. The molecule has 30 heavy (non-hydrogen) atoms. The molecule has 0 fully saturated rings. The summed E-state index contributed by atoms with van der Waals surface area (Å²) in [5.74, 6) is -0.207. The number of ether oxygens (including phenoxy) is 1. The number of hydrogen-bond acceptors (Lipinski definition) is 6. The van der Waals surface area contributed by atoms with Gasteiger partial charge in [-0.2, -0.15) is 13.2 Å². The molecular formula is C20H17F3N6O. The molecule has 0 amide bonds. The molecule has 3 aromatic heterocycles. The van der Waals surface area contributed by atoms with E-state index in [0.717, 1.165) is 15.7 Å². The van der Waals surface area contributed by atoms with Gasteiger partial charge in [0.1, 0.15) is 11.6 Å². The van der Waals surface area contributed by atoms with Crippen molar-refractivity contribution in [1.82, 2.24) is 24.5 Å². The van der Waals surface area contributed by atoms with Crippen molar-refractivity contribution in [3.8, 4) is 11.6 Å². The van der Waals surface area contributed by atoms with Crippen molar-refractivity contribution in [1.29, 1.82) is 0 Å². The fourth-order valence-corrected chi connectivity index (χ4v) is 3.02. The highest BCUT2D eigenvalue weighted by molar-refractivity contribution is 5.79. The minimum absolute atomic E-state index is 0.0145. The normalized spacial score (nSPS) is 11.6. The molecule has 0 unspecified atom stereocenters. The van der Waals surface area contributed by atoms with Gasteiger partial charge in [-0.25, -0.2) is 15.0 Å². The average Bonchev–Trinajstić information content (AvgIpc) is 3.13. The van der Waals surface area contributed by atoms with Crippen LogP contribution in [0.4, 0.5) is 19.0 Å². The number of aryl methyl sites for hydroxylation is 1. The molecule has 7 nitrogen and oxygen atoms in total. The van der Waals surface area contributed by atoms with E-state index in [2.05, 4.69) is 25.3 Å². The number of methoxy groups -OCH3 is 1. The first-order valence-electron chi connectivity index (χ1n) is 8.96. The van der Waals surface area contributed by atoms with Gasteiger partial charge in [-0.15, -0.1) is 0 Å². The quantitative estimate of drug-likeness (QED) is 0.529. The molecule has 0 aliphatic carbocycles. The summed E-state index contributed by atoms with van der Waals surface area (Å²) in [7, 11) is 1.44. The highest BCUT2D eigenvalue weighted by Gasteiger charge is 2.38. The smallest absolute Gasteiger partial charge is 0.450 e. The zero-order chi connectivity index (χ0) is 21.3. The van der Waals surface area contributed by atoms with Crippen molar-refractivity contribution in [2.45, 2.75) is 19.6 Å². The van der Waals surface area contributed by atoms with Crippen LogP contribution >= 0.6 is 0 Å². The van der Waals surface area contributed by atoms with Crippen molar-refractivity contribution in [3.63, 3.8) is 0 Å². The Morgan fingerprint density at radius 3 is 2.60 bits per heavy atom. The maximum Gasteiger partial charge on any atom is 0.450 e. The number of nitrogens with one attached hydrogen (secondary N) is 1. The molecule has 0 radical (unpaired) electrons. The molecule has 0 saturated carbocycles. The summed E-state index contributed by atoms with van der Waals surface area (Å²) in [6.45, 7) is 2.43. The van der Waals surface area contributed by atoms with Gasteiger partial charge in [0.15, 0.2) is 5.82 Å². The Morgan fingerprint density at radius 2 is 1.93 bits per heavy atom. The molecule has 1 aromatic carbocycles. The van der Waals surface area contributed by atoms with Crippen molar-refractivity contribution in [3.05, 3.63) is 66.0 Å². The molecule has 0 spiro atoms. The number of halogens is 3. The Kier molecular flexibility index (Phi) is 4.98. The van der Waals surface area contributed by atoms with Gasteiger partial charge in [0.2, 0.25) is 5.82 Å². The lowest BCUT2D eigenvalue weighted by Crippen LogP contribution is -2.15. The van der Waals surface area contributed by atoms with Crippen LogP contribution in [-0.2, 0) is 12.7 Å². The van der Waals surface area contributed by atoms with Gasteiger partial charge in [0.05, 0.1) is 30.5 Å². The van der Waals surface area contributed by atoms with Crippen LogP contribution in [-0.4, -0.2) is 31.6 Å². The number of imidazole rings is 1. The molecule has 0 bridgehead atoms. The van der Waals surface area contributed by atoms with Crippen LogP contribution in [0.5, 0.6) is 5.75 Å². The highest BCUT2D eigenvalue weighted by atomic mass is 19.4. The van der Waals surface area contributed by atoms with E-state index in [9.17, 15) is 13.2 Å². The lowest BCUT2D eigenvalue weighted by atomic mass is 10.1. The first kappa shape index (κ1) is 19.6. The molecule has 10 heteroatoms. The molecule has 0 aliphatic heterocycles. The Labute approximate surface area is 169 Å². The number of nitrogens with zero attached hydrogens (tertiary/aromatic N) is 5. The predicted octanol–water partition coefficient (Wildman–Crippen LogP) is 4.16. The lowest BCUT2D eigenvalue weighted by Gasteiger charge is -2.12. The second-order valence-corrected chi connectivity index (χ2v) is 6.54. The second kappa shape index (κ2) is 7.62. The van der Waals surface area contributed by atoms with Crippen LogP contribution < -0.4 is 10.1 Å². The van der Waals surface area contributed by atoms with Gasteiger partial charge >= 0.3 is 6.18 Å². The zero-order valence-electron chi connectivity index (χ0n) is 16.1. The van der Waals surface area contributed by atoms with E-state index >= 15 is 0 Å². The van der Waals surface area contributed by atoms with E-state index < -0.39 is 12.0 Å². The summed E-state index contributed by atoms with van der Waals surface area (Å²) in [6, 6.07) is 6.41. The molecule has 4 rings (SSSR count). The van der Waals surface area contributed by atoms with E-state index in [1.165, 1.54) is 31.6 Å². The van der Waals surface area contributed by atoms with E-state index in [0.29, 0.717) is 18.1 Å². The maximum absolute atomic E-state index is 13.6. The summed E-state index contributed by atoms with van der Waals surface area (Å²) in [6.07, 6.45) is 1.45. The zero-order valence-corrected chi connectivity index (χ0v) is 16.1. The predicted molar refractivity (Wildman–Crippen MR) is 105 cm³/mol. The van der Waals surface area contributed by atoms with Crippen molar-refractivity contribution >= 4 is 16.9 Å². The fraction of sp³-hybridized carbons (Fsp3) is 0.200. The van der Waals surface area contributed by atoms with Crippen LogP contribution in [0.2, 0.25) is 0 Å². The first-order chi connectivity index (χ1) is 14.4. The summed E-state index contributed by atoms with van der Waals surface area (Å²) in [5, 5.41) is 3.11. The SMILES string of the molecule is COc1ccc2c(c1)nc(C(F)(F)F)n2-c1cnc(NCc2ccncc2C)cn1. The van der Waals surface area contributed by atoms with Gasteiger partial charge < -0.3 is 10.1 Å². The number of alkyl halides is 3. The van der Waals surface area contributed by atoms with Crippen LogP contribution in [0.3, 0.4) is 0 Å². The number of hydrogen-bond donors (Lipinski definition) is 1. The molecule has 4 aromatic rings. The third-order valence-corrected chi connectivity index (χ3v) is 4.58. The van der Waals surface area contributed by atoms with Gasteiger partial charge in [-0.05, 0) is 36.2 Å². The Bertz CT molecular complexity index is 1190. The van der Waals surface area contributed by atoms with Crippen molar-refractivity contribution in [2.24, 2.45) is 0 Å². The van der Waals surface area contributed by atoms with E-state index in [-0.39, 0.29) is 16.9 Å². The van der Waals surface area contributed by atoms with Crippen LogP contribution in [0, 0.1) is 6.92 Å². The minimum Gasteiger partial charge on any atom is -0.497 e. The van der Waals surface area contributed by atoms with Gasteiger partial charge in [0.25, 0.3) is 0 Å². The third kappa shape index (κ3) is 3.76. The maximum atomic E-state index is 13.6. The van der Waals surface area contributed by atoms with Crippen LogP contribution in [0.25, 0.3) is 16.9 Å². The highest BCUT2D eigenvalue weighted by Crippen LogP contribution is 2.34. The summed E-state index contributed by atoms with van der Waals surface area (Å²) in [5.41, 5.74) is 2.46. The van der Waals surface area contributed by atoms with Crippen molar-refractivity contribution < 1.29 is 17.9 Å². The summed E-state index contributed by atoms with van der Waals surface area (Å²) < 4.78 is 46.8. The number of rotatable bonds is 5. The molecule has 1 N–H and O–H groups in total. The molecule has 0 aliphatic rings. The number of aromatic nitrogens is 5. The fourth-order valence-electron chi connectivity index (χ4n) is 3.02. The van der Waals surface area contributed by atoms with E-state index in [1.807, 2.05) is 13.0 Å². The molecule has 0 atom stereocenters. The Hall–Kier alpha value is -3.69. The standard InChI is InChI=1S/C20H17F3N6O/c1-12-8-24-6-5-13(12)9-25-17-10-27-18(11-26-17)29-16-4-3-14(30-2)7-15(16)28-19(29)20(21,22)23/h3-8,10-11H,9H2,1-2H3,(H,25,26). The molecule has 0 saturated heterocycles. The van der Waals surface area contributed by atoms with E-state index in [4.69, 9.17) is 4.74 Å². The van der Waals surface area contributed by atoms with Gasteiger partial charge in [-0.3, -0.25) is 9.55 Å². The number of pyridine rings is 1. The molecule has 3 heterocycles. The second-order valence-electron chi connectivity index (χ2n) is 6.54. The largest absolute Gasteiger partial charge is 0.497 e. The average molecular weight is 414 g/mol. The number of anilines is 1. The number of benzene rings is 1. The molecular weight excluding hydrogens is 397 g/mol. The lowest BCUT2D eigenvalue weighted by molar-refractivity contribution is -0.145. The monoisotopic (exact) mass is 414 g/mol. The Balaban J connectivity index is 1.67. The van der Waals surface area contributed by atoms with Crippen molar-refractivity contribution in [2.75, 3.05) is 12.4 Å². The minimum atomic E-state index is -4.66. The van der Waals surface area contributed by atoms with Gasteiger partial charge in [-0.1, -0.05) is 0 Å². The summed E-state index contributed by atoms with van der Waals surface area (Å²) >= 11 is 0.